The molecule has 1 aromatic carbocycles. The highest BCUT2D eigenvalue weighted by molar-refractivity contribution is 5.14. The Morgan fingerprint density at radius 2 is 1.88 bits per heavy atom. The number of rotatable bonds is 6. The molecule has 1 aliphatic heterocycles. The van der Waals surface area contributed by atoms with Crippen LogP contribution in [-0.2, 0) is 6.54 Å². The third-order valence-electron chi connectivity index (χ3n) is 4.59. The van der Waals surface area contributed by atoms with E-state index in [9.17, 15) is 9.90 Å². The average molecular weight is 327 g/mol. The molecule has 1 saturated heterocycles. The number of piperidine rings is 1. The minimum absolute atomic E-state index is 0.180. The number of aliphatic hydroxyl groups is 1. The number of H-pyrrole nitrogens is 1. The number of nitrogens with one attached hydrogen (secondary N) is 2. The van der Waals surface area contributed by atoms with Crippen molar-refractivity contribution in [3.8, 4) is 0 Å². The Bertz CT molecular complexity index is 678. The molecule has 1 fully saturated rings. The quantitative estimate of drug-likeness (QED) is 0.755. The van der Waals surface area contributed by atoms with Gasteiger partial charge in [0.2, 0.25) is 5.56 Å². The van der Waals surface area contributed by atoms with Gasteiger partial charge in [0.05, 0.1) is 0 Å². The number of pyridine rings is 1. The summed E-state index contributed by atoms with van der Waals surface area (Å²) in [7, 11) is 0. The topological polar surface area (TPSA) is 68.4 Å². The summed E-state index contributed by atoms with van der Waals surface area (Å²) in [6.45, 7) is 3.58. The Labute approximate surface area is 142 Å². The van der Waals surface area contributed by atoms with E-state index in [1.54, 1.807) is 12.1 Å². The molecule has 0 bridgehead atoms. The fourth-order valence-electron chi connectivity index (χ4n) is 3.18. The number of aromatic nitrogens is 1. The van der Waals surface area contributed by atoms with Gasteiger partial charge < -0.3 is 15.4 Å². The number of benzene rings is 1. The minimum atomic E-state index is -0.679. The lowest BCUT2D eigenvalue weighted by atomic mass is 10.0. The Balaban J connectivity index is 1.41. The van der Waals surface area contributed by atoms with Crippen molar-refractivity contribution in [3.63, 3.8) is 0 Å². The third kappa shape index (κ3) is 4.77. The summed E-state index contributed by atoms with van der Waals surface area (Å²) >= 11 is 0. The zero-order valence-corrected chi connectivity index (χ0v) is 13.8. The van der Waals surface area contributed by atoms with Crippen molar-refractivity contribution < 1.29 is 5.11 Å². The van der Waals surface area contributed by atoms with Crippen molar-refractivity contribution in [2.45, 2.75) is 31.5 Å². The largest absolute Gasteiger partial charge is 0.386 e. The van der Waals surface area contributed by atoms with E-state index >= 15 is 0 Å². The molecule has 24 heavy (non-hydrogen) atoms. The van der Waals surface area contributed by atoms with Crippen LogP contribution in [0.4, 0.5) is 0 Å². The molecule has 2 aromatic rings. The molecular weight excluding hydrogens is 302 g/mol. The molecule has 5 nitrogen and oxygen atoms in total. The molecule has 3 N–H and O–H groups in total. The van der Waals surface area contributed by atoms with E-state index in [0.717, 1.165) is 32.5 Å². The summed E-state index contributed by atoms with van der Waals surface area (Å²) in [6.07, 6.45) is 1.47. The van der Waals surface area contributed by atoms with Gasteiger partial charge in [-0.1, -0.05) is 36.4 Å². The van der Waals surface area contributed by atoms with Crippen LogP contribution in [0.5, 0.6) is 0 Å². The predicted octanol–water partition coefficient (Wildman–Crippen LogP) is 1.66. The highest BCUT2D eigenvalue weighted by Crippen LogP contribution is 2.15. The normalized spacial score (nSPS) is 17.7. The molecule has 0 radical (unpaired) electrons. The van der Waals surface area contributed by atoms with Gasteiger partial charge in [-0.3, -0.25) is 9.69 Å². The van der Waals surface area contributed by atoms with Crippen LogP contribution in [0.25, 0.3) is 0 Å². The van der Waals surface area contributed by atoms with Crippen LogP contribution in [0.3, 0.4) is 0 Å². The van der Waals surface area contributed by atoms with Crippen molar-refractivity contribution in [3.05, 3.63) is 70.1 Å². The van der Waals surface area contributed by atoms with E-state index in [1.165, 1.54) is 11.6 Å². The zero-order valence-electron chi connectivity index (χ0n) is 13.8. The maximum absolute atomic E-state index is 11.3. The van der Waals surface area contributed by atoms with Crippen molar-refractivity contribution in [2.75, 3.05) is 19.6 Å². The fraction of sp³-hybridized carbons (Fsp3) is 0.421. The predicted molar refractivity (Wildman–Crippen MR) is 94.8 cm³/mol. The van der Waals surface area contributed by atoms with E-state index in [4.69, 9.17) is 0 Å². The van der Waals surface area contributed by atoms with Crippen LogP contribution in [0.1, 0.15) is 30.2 Å². The Morgan fingerprint density at radius 1 is 1.12 bits per heavy atom. The Kier molecular flexibility index (Phi) is 5.80. The monoisotopic (exact) mass is 327 g/mol. The zero-order chi connectivity index (χ0) is 16.8. The first-order chi connectivity index (χ1) is 11.7. The van der Waals surface area contributed by atoms with Crippen molar-refractivity contribution >= 4 is 0 Å². The van der Waals surface area contributed by atoms with E-state index < -0.39 is 6.10 Å². The van der Waals surface area contributed by atoms with Gasteiger partial charge in [0.25, 0.3) is 0 Å². The third-order valence-corrected chi connectivity index (χ3v) is 4.59. The van der Waals surface area contributed by atoms with Gasteiger partial charge in [-0.2, -0.15) is 0 Å². The van der Waals surface area contributed by atoms with Gasteiger partial charge in [0.15, 0.2) is 0 Å². The first-order valence-corrected chi connectivity index (χ1v) is 8.57. The molecule has 1 aliphatic rings. The maximum Gasteiger partial charge on any atom is 0.248 e. The van der Waals surface area contributed by atoms with E-state index in [-0.39, 0.29) is 5.56 Å². The second kappa shape index (κ2) is 8.24. The molecule has 0 saturated carbocycles. The number of hydrogen-bond acceptors (Lipinski definition) is 4. The summed E-state index contributed by atoms with van der Waals surface area (Å²) in [5.41, 5.74) is 1.74. The second-order valence-electron chi connectivity index (χ2n) is 6.43. The van der Waals surface area contributed by atoms with E-state index in [1.807, 2.05) is 6.07 Å². The SMILES string of the molecule is O=c1cccc(C(O)CNC2CCN(Cc3ccccc3)CC2)[nH]1. The Hall–Kier alpha value is -1.95. The first-order valence-electron chi connectivity index (χ1n) is 8.57. The molecule has 2 heterocycles. The van der Waals surface area contributed by atoms with Crippen LogP contribution in [0.15, 0.2) is 53.3 Å². The summed E-state index contributed by atoms with van der Waals surface area (Å²) in [6, 6.07) is 15.8. The molecule has 128 valence electrons. The summed E-state index contributed by atoms with van der Waals surface area (Å²) in [4.78, 5) is 16.4. The number of hydrogen-bond donors (Lipinski definition) is 3. The summed E-state index contributed by atoms with van der Waals surface area (Å²) < 4.78 is 0. The van der Waals surface area contributed by atoms with Gasteiger partial charge in [0, 0.05) is 30.9 Å². The summed E-state index contributed by atoms with van der Waals surface area (Å²) in [5, 5.41) is 13.6. The lowest BCUT2D eigenvalue weighted by Gasteiger charge is -2.33. The standard InChI is InChI=1S/C19H25N3O2/c23-18(17-7-4-8-19(24)21-17)13-20-16-9-11-22(12-10-16)14-15-5-2-1-3-6-15/h1-8,16,18,20,23H,9-14H2,(H,21,24). The highest BCUT2D eigenvalue weighted by atomic mass is 16.3. The molecule has 1 aromatic heterocycles. The average Bonchev–Trinajstić information content (AvgIpc) is 2.62. The maximum atomic E-state index is 11.3. The van der Waals surface area contributed by atoms with Crippen LogP contribution in [0.2, 0.25) is 0 Å². The lowest BCUT2D eigenvalue weighted by Crippen LogP contribution is -2.43. The van der Waals surface area contributed by atoms with E-state index in [0.29, 0.717) is 18.3 Å². The number of aliphatic hydroxyl groups excluding tert-OH is 1. The number of likely N-dealkylation sites (tertiary alicyclic amines) is 1. The van der Waals surface area contributed by atoms with Crippen LogP contribution in [-0.4, -0.2) is 40.7 Å². The van der Waals surface area contributed by atoms with Crippen LogP contribution < -0.4 is 10.9 Å². The molecule has 0 spiro atoms. The smallest absolute Gasteiger partial charge is 0.248 e. The molecule has 1 atom stereocenters. The molecular formula is C19H25N3O2. The van der Waals surface area contributed by atoms with Gasteiger partial charge >= 0.3 is 0 Å². The Morgan fingerprint density at radius 3 is 2.58 bits per heavy atom. The molecule has 0 amide bonds. The van der Waals surface area contributed by atoms with Crippen molar-refractivity contribution in [1.82, 2.24) is 15.2 Å². The van der Waals surface area contributed by atoms with Crippen molar-refractivity contribution in [2.24, 2.45) is 0 Å². The molecule has 0 aliphatic carbocycles. The molecule has 5 heteroatoms. The highest BCUT2D eigenvalue weighted by Gasteiger charge is 2.20. The van der Waals surface area contributed by atoms with E-state index in [2.05, 4.69) is 39.5 Å². The first kappa shape index (κ1) is 16.9. The van der Waals surface area contributed by atoms with Gasteiger partial charge in [-0.15, -0.1) is 0 Å². The molecule has 1 unspecified atom stereocenters. The number of aromatic amines is 1. The molecule has 3 rings (SSSR count). The minimum Gasteiger partial charge on any atom is -0.386 e. The lowest BCUT2D eigenvalue weighted by molar-refractivity contribution is 0.146. The second-order valence-corrected chi connectivity index (χ2v) is 6.43. The summed E-state index contributed by atoms with van der Waals surface area (Å²) in [5.74, 6) is 0. The number of nitrogens with zero attached hydrogens (tertiary/aromatic N) is 1. The fourth-order valence-corrected chi connectivity index (χ4v) is 3.18. The van der Waals surface area contributed by atoms with Crippen LogP contribution >= 0.6 is 0 Å². The van der Waals surface area contributed by atoms with Crippen LogP contribution in [0, 0.1) is 0 Å². The van der Waals surface area contributed by atoms with Gasteiger partial charge in [0.1, 0.15) is 6.10 Å². The van der Waals surface area contributed by atoms with Gasteiger partial charge in [-0.25, -0.2) is 0 Å². The van der Waals surface area contributed by atoms with Crippen molar-refractivity contribution in [1.29, 1.82) is 0 Å². The van der Waals surface area contributed by atoms with Gasteiger partial charge in [-0.05, 0) is 37.6 Å².